The summed E-state index contributed by atoms with van der Waals surface area (Å²) in [6.45, 7) is 0.0773. The topological polar surface area (TPSA) is 79.5 Å². The second kappa shape index (κ2) is 8.47. The molecule has 4 saturated carbocycles. The maximum absolute atomic E-state index is 13.6. The smallest absolute Gasteiger partial charge is 0.246 e. The predicted octanol–water partition coefficient (Wildman–Crippen LogP) is 2.25. The number of amides is 2. The van der Waals surface area contributed by atoms with E-state index >= 15 is 0 Å². The number of hydrogen-bond donors (Lipinski definition) is 3. The molecule has 6 nitrogen and oxygen atoms in total. The SMILES string of the molecule is O=C(COC1CCC(Cl)C(F)C1)NC12CC(C(=O)NC3CCC(C(F)F)CN3)(C1)C2. The molecule has 0 aromatic heterocycles. The molecule has 5 atom stereocenters. The van der Waals surface area contributed by atoms with Crippen LogP contribution in [0.5, 0.6) is 0 Å². The molecule has 1 saturated heterocycles. The maximum Gasteiger partial charge on any atom is 0.246 e. The van der Waals surface area contributed by atoms with Gasteiger partial charge in [-0.2, -0.15) is 0 Å². The Morgan fingerprint density at radius 1 is 1.17 bits per heavy atom. The highest BCUT2D eigenvalue weighted by Crippen LogP contribution is 2.67. The van der Waals surface area contributed by atoms with Crippen molar-refractivity contribution in [1.82, 2.24) is 16.0 Å². The summed E-state index contributed by atoms with van der Waals surface area (Å²) in [5.74, 6) is -0.983. The van der Waals surface area contributed by atoms with Crippen LogP contribution < -0.4 is 16.0 Å². The van der Waals surface area contributed by atoms with Gasteiger partial charge in [0.05, 0.1) is 23.1 Å². The van der Waals surface area contributed by atoms with Gasteiger partial charge in [-0.3, -0.25) is 14.9 Å². The summed E-state index contributed by atoms with van der Waals surface area (Å²) >= 11 is 5.86. The minimum atomic E-state index is -2.34. The van der Waals surface area contributed by atoms with Crippen LogP contribution in [0.1, 0.15) is 51.4 Å². The Labute approximate surface area is 179 Å². The third-order valence-corrected chi connectivity index (χ3v) is 7.62. The first kappa shape index (κ1) is 22.1. The van der Waals surface area contributed by atoms with E-state index in [2.05, 4.69) is 16.0 Å². The van der Waals surface area contributed by atoms with Crippen molar-refractivity contribution in [1.29, 1.82) is 0 Å². The van der Waals surface area contributed by atoms with E-state index in [9.17, 15) is 22.8 Å². The van der Waals surface area contributed by atoms with Crippen molar-refractivity contribution in [2.24, 2.45) is 11.3 Å². The van der Waals surface area contributed by atoms with Crippen LogP contribution in [-0.2, 0) is 14.3 Å². The Balaban J connectivity index is 1.14. The molecule has 5 aliphatic rings. The van der Waals surface area contributed by atoms with E-state index in [4.69, 9.17) is 16.3 Å². The maximum atomic E-state index is 13.6. The van der Waals surface area contributed by atoms with Crippen molar-refractivity contribution in [2.45, 2.75) is 87.1 Å². The van der Waals surface area contributed by atoms with Crippen LogP contribution in [0.15, 0.2) is 0 Å². The molecule has 2 bridgehead atoms. The van der Waals surface area contributed by atoms with Crippen molar-refractivity contribution in [3.8, 4) is 0 Å². The summed E-state index contributed by atoms with van der Waals surface area (Å²) in [5, 5.41) is 8.39. The van der Waals surface area contributed by atoms with Gasteiger partial charge in [0.15, 0.2) is 0 Å². The molecule has 0 spiro atoms. The lowest BCUT2D eigenvalue weighted by Crippen LogP contribution is -2.79. The third kappa shape index (κ3) is 4.43. The van der Waals surface area contributed by atoms with Crippen LogP contribution in [0, 0.1) is 11.3 Å². The van der Waals surface area contributed by atoms with Gasteiger partial charge < -0.3 is 15.4 Å². The summed E-state index contributed by atoms with van der Waals surface area (Å²) in [6, 6.07) is 0. The standard InChI is InChI=1S/C20H29ClF3N3O3/c21-13-3-2-12(5-14(13)22)30-7-16(28)27-20-8-19(9-20,10-20)18(29)26-15-4-1-11(6-25-15)17(23)24/h11-15,17,25H,1-10H2,(H,26,29)(H,27,28). The molecule has 5 fully saturated rings. The fourth-order valence-corrected chi connectivity index (χ4v) is 5.64. The molecule has 2 amide bonds. The Morgan fingerprint density at radius 3 is 2.50 bits per heavy atom. The molecule has 1 heterocycles. The second-order valence-corrected chi connectivity index (χ2v) is 10.1. The van der Waals surface area contributed by atoms with Crippen LogP contribution in [0.4, 0.5) is 13.2 Å². The van der Waals surface area contributed by atoms with E-state index < -0.39 is 29.3 Å². The lowest BCUT2D eigenvalue weighted by atomic mass is 9.39. The highest BCUT2D eigenvalue weighted by Gasteiger charge is 2.72. The van der Waals surface area contributed by atoms with E-state index in [0.29, 0.717) is 44.9 Å². The van der Waals surface area contributed by atoms with Gasteiger partial charge >= 0.3 is 0 Å². The molecule has 0 aromatic rings. The zero-order valence-corrected chi connectivity index (χ0v) is 17.5. The molecule has 30 heavy (non-hydrogen) atoms. The number of halogens is 4. The highest BCUT2D eigenvalue weighted by atomic mass is 35.5. The first-order valence-corrected chi connectivity index (χ1v) is 11.2. The van der Waals surface area contributed by atoms with Crippen LogP contribution in [0.2, 0.25) is 0 Å². The quantitative estimate of drug-likeness (QED) is 0.519. The molecule has 4 aliphatic carbocycles. The number of ether oxygens (including phenoxy) is 1. The lowest BCUT2D eigenvalue weighted by molar-refractivity contribution is -0.185. The molecular weight excluding hydrogens is 423 g/mol. The van der Waals surface area contributed by atoms with Gasteiger partial charge in [-0.05, 0) is 44.9 Å². The zero-order chi connectivity index (χ0) is 21.5. The summed E-state index contributed by atoms with van der Waals surface area (Å²) in [4.78, 5) is 24.8. The Hall–Kier alpha value is -1.06. The Kier molecular flexibility index (Phi) is 6.25. The zero-order valence-electron chi connectivity index (χ0n) is 16.8. The van der Waals surface area contributed by atoms with Crippen molar-refractivity contribution in [3.05, 3.63) is 0 Å². The molecule has 1 aliphatic heterocycles. The van der Waals surface area contributed by atoms with Gasteiger partial charge in [0, 0.05) is 24.4 Å². The van der Waals surface area contributed by atoms with Crippen molar-refractivity contribution in [3.63, 3.8) is 0 Å². The monoisotopic (exact) mass is 451 g/mol. The molecule has 170 valence electrons. The van der Waals surface area contributed by atoms with Gasteiger partial charge in [-0.25, -0.2) is 13.2 Å². The van der Waals surface area contributed by atoms with Gasteiger partial charge in [0.25, 0.3) is 0 Å². The highest BCUT2D eigenvalue weighted by molar-refractivity contribution is 6.21. The number of nitrogens with one attached hydrogen (secondary N) is 3. The largest absolute Gasteiger partial charge is 0.368 e. The van der Waals surface area contributed by atoms with E-state index in [1.54, 1.807) is 0 Å². The fourth-order valence-electron chi connectivity index (χ4n) is 5.41. The summed E-state index contributed by atoms with van der Waals surface area (Å²) in [5.41, 5.74) is -0.815. The molecular formula is C20H29ClF3N3O3. The Morgan fingerprint density at radius 2 is 1.90 bits per heavy atom. The first-order valence-electron chi connectivity index (χ1n) is 10.7. The summed E-state index contributed by atoms with van der Waals surface area (Å²) in [7, 11) is 0. The number of carbonyl (C=O) groups excluding carboxylic acids is 2. The number of alkyl halides is 4. The van der Waals surface area contributed by atoms with Crippen LogP contribution in [0.3, 0.4) is 0 Å². The molecule has 5 unspecified atom stereocenters. The minimum absolute atomic E-state index is 0.0744. The number of carbonyl (C=O) groups is 2. The van der Waals surface area contributed by atoms with Crippen LogP contribution in [-0.4, -0.2) is 60.7 Å². The van der Waals surface area contributed by atoms with Crippen molar-refractivity contribution < 1.29 is 27.5 Å². The number of hydrogen-bond acceptors (Lipinski definition) is 4. The van der Waals surface area contributed by atoms with Crippen LogP contribution >= 0.6 is 11.6 Å². The Bertz CT molecular complexity index is 655. The van der Waals surface area contributed by atoms with Gasteiger partial charge in [0.2, 0.25) is 18.2 Å². The van der Waals surface area contributed by atoms with E-state index in [1.807, 2.05) is 0 Å². The number of piperidine rings is 1. The molecule has 0 aromatic carbocycles. The van der Waals surface area contributed by atoms with E-state index in [-0.39, 0.29) is 49.2 Å². The molecule has 10 heteroatoms. The summed E-state index contributed by atoms with van der Waals surface area (Å²) < 4.78 is 44.6. The summed E-state index contributed by atoms with van der Waals surface area (Å²) in [6.07, 6.45) is -0.0178. The third-order valence-electron chi connectivity index (χ3n) is 7.13. The molecule has 5 rings (SSSR count). The number of rotatable bonds is 7. The van der Waals surface area contributed by atoms with E-state index in [1.165, 1.54) is 0 Å². The average molecular weight is 452 g/mol. The second-order valence-electron chi connectivity index (χ2n) is 9.52. The van der Waals surface area contributed by atoms with Crippen LogP contribution in [0.25, 0.3) is 0 Å². The molecule has 3 N–H and O–H groups in total. The normalized spacial score (nSPS) is 42.8. The first-order chi connectivity index (χ1) is 14.2. The molecule has 0 radical (unpaired) electrons. The fraction of sp³-hybridized carbons (Fsp3) is 0.900. The van der Waals surface area contributed by atoms with Crippen molar-refractivity contribution >= 4 is 23.4 Å². The van der Waals surface area contributed by atoms with E-state index in [0.717, 1.165) is 0 Å². The minimum Gasteiger partial charge on any atom is -0.368 e. The van der Waals surface area contributed by atoms with Crippen molar-refractivity contribution in [2.75, 3.05) is 13.2 Å². The predicted molar refractivity (Wildman–Crippen MR) is 104 cm³/mol. The van der Waals surface area contributed by atoms with Gasteiger partial charge in [0.1, 0.15) is 12.8 Å². The van der Waals surface area contributed by atoms with Gasteiger partial charge in [-0.1, -0.05) is 0 Å². The van der Waals surface area contributed by atoms with Gasteiger partial charge in [-0.15, -0.1) is 11.6 Å². The average Bonchev–Trinajstić information content (AvgIpc) is 2.64. The lowest BCUT2D eigenvalue weighted by Gasteiger charge is -2.69.